The van der Waals surface area contributed by atoms with E-state index >= 15 is 0 Å². The average molecular weight is 471 g/mol. The molecule has 0 saturated heterocycles. The zero-order valence-electron chi connectivity index (χ0n) is 18.5. The van der Waals surface area contributed by atoms with Crippen LogP contribution in [0.4, 0.5) is 13.2 Å². The monoisotopic (exact) mass is 470 g/mol. The smallest absolute Gasteiger partial charge is 0.416 e. The first kappa shape index (κ1) is 27.1. The first-order valence-electron chi connectivity index (χ1n) is 11.4. The number of unbranched alkanes of at least 4 members (excludes halogenated alkanes) is 3. The predicted octanol–water partition coefficient (Wildman–Crippen LogP) is 4.80. The number of carboxylic acid groups (broad SMARTS) is 1. The summed E-state index contributed by atoms with van der Waals surface area (Å²) < 4.78 is 38.3. The minimum Gasteiger partial charge on any atom is -0.481 e. The molecule has 8 heteroatoms. The third-order valence-corrected chi connectivity index (χ3v) is 6.25. The molecule has 1 aromatic rings. The molecule has 1 aliphatic carbocycles. The average Bonchev–Trinajstić information content (AvgIpc) is 3.00. The molecule has 0 spiro atoms. The number of hydrogen-bond donors (Lipinski definition) is 4. The number of aliphatic hydroxyl groups excluding tert-OH is 3. The molecule has 33 heavy (non-hydrogen) atoms. The molecule has 1 saturated carbocycles. The number of halogens is 3. The minimum atomic E-state index is -4.42. The summed E-state index contributed by atoms with van der Waals surface area (Å²) in [6, 6.07) is 4.83. The summed E-state index contributed by atoms with van der Waals surface area (Å²) in [5, 5.41) is 39.5. The third kappa shape index (κ3) is 9.33. The van der Waals surface area contributed by atoms with Crippen molar-refractivity contribution >= 4 is 12.0 Å². The highest BCUT2D eigenvalue weighted by Gasteiger charge is 2.40. The topological polar surface area (TPSA) is 98.0 Å². The van der Waals surface area contributed by atoms with Crippen molar-refractivity contribution in [1.82, 2.24) is 0 Å². The van der Waals surface area contributed by atoms with Crippen LogP contribution in [0, 0.1) is 11.8 Å². The number of aliphatic hydroxyl groups is 3. The SMILES string of the molecule is O=C(O)CCCCCC[C@@H]1[C@@H](CCC(O)C=C=Cc2cccc(C(F)(F)F)c2)[C@H](O)C[C@@H]1O. The van der Waals surface area contributed by atoms with Crippen molar-refractivity contribution in [2.45, 2.75) is 82.3 Å². The lowest BCUT2D eigenvalue weighted by Crippen LogP contribution is -2.23. The van der Waals surface area contributed by atoms with Crippen LogP contribution in [0.2, 0.25) is 0 Å². The Morgan fingerprint density at radius 3 is 2.42 bits per heavy atom. The van der Waals surface area contributed by atoms with Gasteiger partial charge in [-0.05, 0) is 73.8 Å². The highest BCUT2D eigenvalue weighted by Crippen LogP contribution is 2.39. The Labute approximate surface area is 192 Å². The fourth-order valence-electron chi connectivity index (χ4n) is 4.50. The number of hydrogen-bond acceptors (Lipinski definition) is 4. The summed E-state index contributed by atoms with van der Waals surface area (Å²) >= 11 is 0. The van der Waals surface area contributed by atoms with Crippen LogP contribution in [-0.4, -0.2) is 44.7 Å². The maximum Gasteiger partial charge on any atom is 0.416 e. The molecule has 4 N–H and O–H groups in total. The van der Waals surface area contributed by atoms with Crippen LogP contribution in [0.1, 0.15) is 68.9 Å². The third-order valence-electron chi connectivity index (χ3n) is 6.25. The zero-order valence-corrected chi connectivity index (χ0v) is 18.5. The van der Waals surface area contributed by atoms with Crippen molar-refractivity contribution in [3.05, 3.63) is 47.2 Å². The van der Waals surface area contributed by atoms with Crippen molar-refractivity contribution in [2.75, 3.05) is 0 Å². The van der Waals surface area contributed by atoms with E-state index in [1.165, 1.54) is 24.3 Å². The molecule has 1 aliphatic rings. The molecule has 0 bridgehead atoms. The predicted molar refractivity (Wildman–Crippen MR) is 118 cm³/mol. The number of rotatable bonds is 12. The number of alkyl halides is 3. The van der Waals surface area contributed by atoms with E-state index in [4.69, 9.17) is 5.11 Å². The van der Waals surface area contributed by atoms with Gasteiger partial charge in [-0.15, -0.1) is 5.73 Å². The molecular formula is C25H33F3O5. The van der Waals surface area contributed by atoms with E-state index in [1.807, 2.05) is 0 Å². The van der Waals surface area contributed by atoms with Gasteiger partial charge in [-0.1, -0.05) is 31.4 Å². The van der Waals surface area contributed by atoms with E-state index in [-0.39, 0.29) is 18.3 Å². The Morgan fingerprint density at radius 1 is 1.09 bits per heavy atom. The number of benzene rings is 1. The van der Waals surface area contributed by atoms with Gasteiger partial charge in [-0.3, -0.25) is 4.79 Å². The Hall–Kier alpha value is -2.12. The standard InChI is InChI=1S/C25H33F3O5/c26-25(27,28)18-9-5-7-17(15-18)8-6-10-19(29)13-14-21-20(22(30)16-23(21)31)11-3-1-2-4-12-24(32)33/h5,7-10,15,19-23,29-31H,1-4,11-14,16H2,(H,32,33)/t6?,19?,20-,21-,22+,23-/m1/s1. The summed E-state index contributed by atoms with van der Waals surface area (Å²) in [6.07, 6.45) is 1.40. The number of aliphatic carboxylic acids is 1. The molecule has 0 radical (unpaired) electrons. The Morgan fingerprint density at radius 2 is 1.76 bits per heavy atom. The van der Waals surface area contributed by atoms with E-state index in [2.05, 4.69) is 5.73 Å². The second kappa shape index (κ2) is 12.9. The van der Waals surface area contributed by atoms with E-state index in [9.17, 15) is 33.3 Å². The molecule has 5 nitrogen and oxygen atoms in total. The second-order valence-electron chi connectivity index (χ2n) is 8.79. The zero-order chi connectivity index (χ0) is 24.4. The van der Waals surface area contributed by atoms with Gasteiger partial charge in [0.2, 0.25) is 0 Å². The lowest BCUT2D eigenvalue weighted by Gasteiger charge is -2.24. The maximum absolute atomic E-state index is 12.8. The lowest BCUT2D eigenvalue weighted by molar-refractivity contribution is -0.138. The summed E-state index contributed by atoms with van der Waals surface area (Å²) in [5.74, 6) is -1.02. The maximum atomic E-state index is 12.8. The highest BCUT2D eigenvalue weighted by atomic mass is 19.4. The molecule has 184 valence electrons. The molecule has 0 aromatic heterocycles. The first-order valence-corrected chi connectivity index (χ1v) is 11.4. The van der Waals surface area contributed by atoms with Gasteiger partial charge in [-0.25, -0.2) is 0 Å². The van der Waals surface area contributed by atoms with Crippen LogP contribution in [-0.2, 0) is 11.0 Å². The van der Waals surface area contributed by atoms with Crippen molar-refractivity contribution in [1.29, 1.82) is 0 Å². The Kier molecular flexibility index (Phi) is 10.6. The summed E-state index contributed by atoms with van der Waals surface area (Å²) in [6.45, 7) is 0. The Bertz CT molecular complexity index is 817. The number of carbonyl (C=O) groups is 1. The summed E-state index contributed by atoms with van der Waals surface area (Å²) in [4.78, 5) is 10.5. The van der Waals surface area contributed by atoms with Gasteiger partial charge >= 0.3 is 12.1 Å². The van der Waals surface area contributed by atoms with Crippen LogP contribution in [0.5, 0.6) is 0 Å². The minimum absolute atomic E-state index is 0.0729. The van der Waals surface area contributed by atoms with Gasteiger partial charge in [0.15, 0.2) is 0 Å². The summed E-state index contributed by atoms with van der Waals surface area (Å²) in [5.41, 5.74) is 2.30. The summed E-state index contributed by atoms with van der Waals surface area (Å²) in [7, 11) is 0. The van der Waals surface area contributed by atoms with Crippen molar-refractivity contribution in [3.8, 4) is 0 Å². The lowest BCUT2D eigenvalue weighted by atomic mass is 9.85. The van der Waals surface area contributed by atoms with E-state index in [0.717, 1.165) is 37.8 Å². The molecule has 1 aromatic carbocycles. The van der Waals surface area contributed by atoms with E-state index < -0.39 is 36.0 Å². The second-order valence-corrected chi connectivity index (χ2v) is 8.79. The highest BCUT2D eigenvalue weighted by molar-refractivity contribution is 5.66. The van der Waals surface area contributed by atoms with Gasteiger partial charge in [0.25, 0.3) is 0 Å². The van der Waals surface area contributed by atoms with Crippen LogP contribution < -0.4 is 0 Å². The van der Waals surface area contributed by atoms with Gasteiger partial charge in [-0.2, -0.15) is 13.2 Å². The fourth-order valence-corrected chi connectivity index (χ4v) is 4.50. The van der Waals surface area contributed by atoms with Crippen LogP contribution in [0.3, 0.4) is 0 Å². The van der Waals surface area contributed by atoms with E-state index in [1.54, 1.807) is 0 Å². The van der Waals surface area contributed by atoms with Gasteiger partial charge < -0.3 is 20.4 Å². The Balaban J connectivity index is 1.83. The van der Waals surface area contributed by atoms with Gasteiger partial charge in [0.05, 0.1) is 23.9 Å². The molecule has 5 atom stereocenters. The molecule has 0 aliphatic heterocycles. The van der Waals surface area contributed by atoms with Crippen LogP contribution in [0.25, 0.3) is 6.08 Å². The first-order chi connectivity index (χ1) is 15.6. The molecule has 1 unspecified atom stereocenters. The molecular weight excluding hydrogens is 437 g/mol. The van der Waals surface area contributed by atoms with Gasteiger partial charge in [0.1, 0.15) is 0 Å². The van der Waals surface area contributed by atoms with Crippen LogP contribution >= 0.6 is 0 Å². The number of carboxylic acids is 1. The molecule has 1 fully saturated rings. The molecule has 0 amide bonds. The van der Waals surface area contributed by atoms with Crippen LogP contribution in [0.15, 0.2) is 36.1 Å². The normalized spacial score (nSPS) is 23.7. The van der Waals surface area contributed by atoms with E-state index in [0.29, 0.717) is 31.2 Å². The quantitative estimate of drug-likeness (QED) is 0.260. The fraction of sp³-hybridized carbons (Fsp3) is 0.600. The van der Waals surface area contributed by atoms with Crippen molar-refractivity contribution in [3.63, 3.8) is 0 Å². The van der Waals surface area contributed by atoms with Crippen molar-refractivity contribution in [2.24, 2.45) is 11.8 Å². The van der Waals surface area contributed by atoms with Crippen molar-refractivity contribution < 1.29 is 38.4 Å². The van der Waals surface area contributed by atoms with Gasteiger partial charge in [0, 0.05) is 6.42 Å². The molecule has 2 rings (SSSR count). The molecule has 0 heterocycles. The largest absolute Gasteiger partial charge is 0.481 e.